The topological polar surface area (TPSA) is 103 Å². The standard InChI is InChI=1S/C17H24N4O5/c1-17(2,3)26-16(24)20-7-5-11-10(9-20)13-14(22)18-12(15(23)25-4)6-8-21(13)19-11/h12H,5-9H2,1-4H3,(H,18,22). The molecule has 0 saturated heterocycles. The van der Waals surface area contributed by atoms with Crippen LogP contribution in [-0.2, 0) is 33.8 Å². The normalized spacial score (nSPS) is 19.8. The van der Waals surface area contributed by atoms with Crippen LogP contribution in [0.3, 0.4) is 0 Å². The fourth-order valence-electron chi connectivity index (χ4n) is 3.19. The molecule has 0 aliphatic carbocycles. The number of nitrogens with zero attached hydrogens (tertiary/aromatic N) is 3. The predicted molar refractivity (Wildman–Crippen MR) is 90.5 cm³/mol. The van der Waals surface area contributed by atoms with Crippen molar-refractivity contribution in [2.24, 2.45) is 0 Å². The third-order valence-corrected chi connectivity index (χ3v) is 4.39. The number of amides is 2. The third kappa shape index (κ3) is 3.51. The first kappa shape index (κ1) is 18.2. The monoisotopic (exact) mass is 364 g/mol. The Balaban J connectivity index is 1.83. The van der Waals surface area contributed by atoms with Crippen LogP contribution in [-0.4, -0.2) is 57.9 Å². The Labute approximate surface area is 151 Å². The maximum atomic E-state index is 12.7. The lowest BCUT2D eigenvalue weighted by Crippen LogP contribution is -2.42. The molecular formula is C17H24N4O5. The summed E-state index contributed by atoms with van der Waals surface area (Å²) in [6.07, 6.45) is 0.550. The van der Waals surface area contributed by atoms with Crippen molar-refractivity contribution in [1.29, 1.82) is 0 Å². The molecule has 0 radical (unpaired) electrons. The second kappa shape index (κ2) is 6.62. The van der Waals surface area contributed by atoms with E-state index in [0.29, 0.717) is 37.2 Å². The van der Waals surface area contributed by atoms with E-state index in [2.05, 4.69) is 10.4 Å². The van der Waals surface area contributed by atoms with Crippen molar-refractivity contribution in [1.82, 2.24) is 20.0 Å². The van der Waals surface area contributed by atoms with Crippen molar-refractivity contribution >= 4 is 18.0 Å². The van der Waals surface area contributed by atoms with E-state index in [1.165, 1.54) is 7.11 Å². The SMILES string of the molecule is COC(=O)C1CCn2nc3c(c2C(=O)N1)CN(C(=O)OC(C)(C)C)CC3. The minimum Gasteiger partial charge on any atom is -0.467 e. The summed E-state index contributed by atoms with van der Waals surface area (Å²) in [5.74, 6) is -0.856. The van der Waals surface area contributed by atoms with E-state index < -0.39 is 23.7 Å². The third-order valence-electron chi connectivity index (χ3n) is 4.39. The molecule has 1 aromatic heterocycles. The van der Waals surface area contributed by atoms with Crippen molar-refractivity contribution in [2.75, 3.05) is 13.7 Å². The molecule has 0 fully saturated rings. The fraction of sp³-hybridized carbons (Fsp3) is 0.647. The van der Waals surface area contributed by atoms with Crippen LogP contribution >= 0.6 is 0 Å². The van der Waals surface area contributed by atoms with Crippen LogP contribution in [0.2, 0.25) is 0 Å². The molecule has 9 nitrogen and oxygen atoms in total. The van der Waals surface area contributed by atoms with Crippen molar-refractivity contribution in [2.45, 2.75) is 58.3 Å². The Kier molecular flexibility index (Phi) is 4.64. The molecule has 0 saturated carbocycles. The van der Waals surface area contributed by atoms with Gasteiger partial charge in [0.05, 0.1) is 19.3 Å². The lowest BCUT2D eigenvalue weighted by molar-refractivity contribution is -0.143. The van der Waals surface area contributed by atoms with Crippen LogP contribution in [0.5, 0.6) is 0 Å². The molecule has 2 aliphatic heterocycles. The summed E-state index contributed by atoms with van der Waals surface area (Å²) in [7, 11) is 1.29. The van der Waals surface area contributed by atoms with Gasteiger partial charge in [-0.15, -0.1) is 0 Å². The molecule has 1 N–H and O–H groups in total. The van der Waals surface area contributed by atoms with Crippen molar-refractivity contribution in [3.05, 3.63) is 17.0 Å². The zero-order chi connectivity index (χ0) is 19.1. The lowest BCUT2D eigenvalue weighted by Gasteiger charge is -2.29. The molecule has 0 spiro atoms. The molecule has 3 heterocycles. The Morgan fingerprint density at radius 2 is 2.00 bits per heavy atom. The molecule has 1 unspecified atom stereocenters. The molecule has 2 amide bonds. The summed E-state index contributed by atoms with van der Waals surface area (Å²) >= 11 is 0. The number of nitrogens with one attached hydrogen (secondary N) is 1. The Bertz CT molecular complexity index is 749. The van der Waals surface area contributed by atoms with Gasteiger partial charge in [0.1, 0.15) is 17.3 Å². The second-order valence-corrected chi connectivity index (χ2v) is 7.49. The number of methoxy groups -OCH3 is 1. The highest BCUT2D eigenvalue weighted by Crippen LogP contribution is 2.25. The van der Waals surface area contributed by atoms with Crippen molar-refractivity contribution in [3.8, 4) is 0 Å². The highest BCUT2D eigenvalue weighted by molar-refractivity contribution is 5.97. The summed E-state index contributed by atoms with van der Waals surface area (Å²) in [5, 5.41) is 7.21. The lowest BCUT2D eigenvalue weighted by atomic mass is 10.1. The van der Waals surface area contributed by atoms with Gasteiger partial charge in [0.2, 0.25) is 0 Å². The van der Waals surface area contributed by atoms with E-state index in [4.69, 9.17) is 9.47 Å². The fourth-order valence-corrected chi connectivity index (χ4v) is 3.19. The van der Waals surface area contributed by atoms with Gasteiger partial charge < -0.3 is 19.7 Å². The minimum atomic E-state index is -0.699. The number of carbonyl (C=O) groups is 3. The quantitative estimate of drug-likeness (QED) is 0.741. The molecule has 26 heavy (non-hydrogen) atoms. The predicted octanol–water partition coefficient (Wildman–Crippen LogP) is 0.851. The maximum absolute atomic E-state index is 12.7. The molecule has 9 heteroatoms. The first-order valence-corrected chi connectivity index (χ1v) is 8.65. The van der Waals surface area contributed by atoms with Gasteiger partial charge in [0.15, 0.2) is 0 Å². The Morgan fingerprint density at radius 1 is 1.27 bits per heavy atom. The van der Waals surface area contributed by atoms with Crippen LogP contribution in [0.1, 0.15) is 48.9 Å². The molecule has 0 bridgehead atoms. The van der Waals surface area contributed by atoms with E-state index in [1.54, 1.807) is 9.58 Å². The zero-order valence-electron chi connectivity index (χ0n) is 15.5. The minimum absolute atomic E-state index is 0.260. The highest BCUT2D eigenvalue weighted by atomic mass is 16.6. The van der Waals surface area contributed by atoms with Crippen molar-refractivity contribution in [3.63, 3.8) is 0 Å². The van der Waals surface area contributed by atoms with E-state index in [9.17, 15) is 14.4 Å². The van der Waals surface area contributed by atoms with Gasteiger partial charge >= 0.3 is 12.1 Å². The number of rotatable bonds is 1. The average Bonchev–Trinajstić information content (AvgIpc) is 2.85. The Hall–Kier alpha value is -2.58. The van der Waals surface area contributed by atoms with Crippen LogP contribution in [0.15, 0.2) is 0 Å². The van der Waals surface area contributed by atoms with E-state index in [-0.39, 0.29) is 12.5 Å². The van der Waals surface area contributed by atoms with Crippen LogP contribution in [0, 0.1) is 0 Å². The van der Waals surface area contributed by atoms with E-state index in [1.807, 2.05) is 20.8 Å². The van der Waals surface area contributed by atoms with Crippen molar-refractivity contribution < 1.29 is 23.9 Å². The van der Waals surface area contributed by atoms with Crippen LogP contribution in [0.4, 0.5) is 4.79 Å². The van der Waals surface area contributed by atoms with Gasteiger partial charge in [-0.1, -0.05) is 0 Å². The molecule has 142 valence electrons. The maximum Gasteiger partial charge on any atom is 0.410 e. The van der Waals surface area contributed by atoms with Gasteiger partial charge in [-0.05, 0) is 27.2 Å². The molecule has 3 rings (SSSR count). The number of esters is 1. The van der Waals surface area contributed by atoms with Gasteiger partial charge in [0, 0.05) is 25.1 Å². The van der Waals surface area contributed by atoms with Gasteiger partial charge in [-0.25, -0.2) is 9.59 Å². The first-order valence-electron chi connectivity index (χ1n) is 8.65. The number of carbonyl (C=O) groups excluding carboxylic acids is 3. The summed E-state index contributed by atoms with van der Waals surface area (Å²) in [6, 6.07) is -0.699. The van der Waals surface area contributed by atoms with E-state index >= 15 is 0 Å². The number of ether oxygens (including phenoxy) is 2. The summed E-state index contributed by atoms with van der Waals surface area (Å²) in [4.78, 5) is 38.4. The van der Waals surface area contributed by atoms with Gasteiger partial charge in [-0.3, -0.25) is 9.48 Å². The second-order valence-electron chi connectivity index (χ2n) is 7.49. The highest BCUT2D eigenvalue weighted by Gasteiger charge is 2.35. The summed E-state index contributed by atoms with van der Waals surface area (Å²) in [6.45, 7) is 6.61. The number of hydrogen-bond acceptors (Lipinski definition) is 6. The summed E-state index contributed by atoms with van der Waals surface area (Å²) in [5.41, 5.74) is 1.34. The number of aromatic nitrogens is 2. The number of aryl methyl sites for hydroxylation is 1. The van der Waals surface area contributed by atoms with Crippen LogP contribution < -0.4 is 5.32 Å². The molecule has 1 aromatic rings. The number of fused-ring (bicyclic) bond motifs is 3. The molecule has 2 aliphatic rings. The van der Waals surface area contributed by atoms with Gasteiger partial charge in [-0.2, -0.15) is 5.10 Å². The molecule has 1 atom stereocenters. The molecular weight excluding hydrogens is 340 g/mol. The Morgan fingerprint density at radius 3 is 2.65 bits per heavy atom. The van der Waals surface area contributed by atoms with Gasteiger partial charge in [0.25, 0.3) is 5.91 Å². The zero-order valence-corrected chi connectivity index (χ0v) is 15.5. The largest absolute Gasteiger partial charge is 0.467 e. The number of hydrogen-bond donors (Lipinski definition) is 1. The first-order chi connectivity index (χ1) is 12.2. The summed E-state index contributed by atoms with van der Waals surface area (Å²) < 4.78 is 11.8. The van der Waals surface area contributed by atoms with Crippen LogP contribution in [0.25, 0.3) is 0 Å². The molecule has 0 aromatic carbocycles. The average molecular weight is 364 g/mol. The van der Waals surface area contributed by atoms with E-state index in [0.717, 1.165) is 5.69 Å². The smallest absolute Gasteiger partial charge is 0.410 e.